The van der Waals surface area contributed by atoms with Crippen molar-refractivity contribution in [3.8, 4) is 23.6 Å². The molecule has 1 saturated carbocycles. The highest BCUT2D eigenvalue weighted by atomic mass is 35.5. The fourth-order valence-electron chi connectivity index (χ4n) is 4.30. The minimum atomic E-state index is -0.144. The van der Waals surface area contributed by atoms with Crippen LogP contribution in [-0.2, 0) is 6.42 Å². The summed E-state index contributed by atoms with van der Waals surface area (Å²) in [5.74, 6) is 3.32. The molecule has 33 heavy (non-hydrogen) atoms. The van der Waals surface area contributed by atoms with Crippen LogP contribution in [0.4, 0.5) is 9.52 Å². The zero-order valence-corrected chi connectivity index (χ0v) is 21.3. The largest absolute Gasteiger partial charge is 0.330 e. The van der Waals surface area contributed by atoms with E-state index in [9.17, 15) is 4.39 Å². The number of rotatable bonds is 8. The molecule has 1 heterocycles. The molecular weight excluding hydrogens is 451 g/mol. The van der Waals surface area contributed by atoms with Crippen LogP contribution in [0.15, 0.2) is 30.3 Å². The molecule has 0 spiro atoms. The SMILES string of the molecule is C#CCN(c1nc(-c2cc(C)c(C)cc2Cl)c(C)s1)C(CC1CC1)c1ccc(CC)c(F)c1. The average Bonchev–Trinajstić information content (AvgIpc) is 3.53. The zero-order chi connectivity index (χ0) is 23.7. The third-order valence-corrected chi connectivity index (χ3v) is 7.92. The van der Waals surface area contributed by atoms with Gasteiger partial charge in [0.25, 0.3) is 0 Å². The molecule has 1 unspecified atom stereocenters. The van der Waals surface area contributed by atoms with E-state index in [1.165, 1.54) is 18.4 Å². The molecule has 4 rings (SSSR count). The molecule has 1 aromatic heterocycles. The van der Waals surface area contributed by atoms with E-state index in [1.807, 2.05) is 19.1 Å². The second kappa shape index (κ2) is 9.87. The van der Waals surface area contributed by atoms with Crippen LogP contribution in [0.25, 0.3) is 11.3 Å². The number of aryl methyl sites for hydroxylation is 4. The van der Waals surface area contributed by atoms with E-state index in [1.54, 1.807) is 17.4 Å². The maximum absolute atomic E-state index is 14.7. The van der Waals surface area contributed by atoms with Crippen molar-refractivity contribution < 1.29 is 4.39 Å². The van der Waals surface area contributed by atoms with Crippen molar-refractivity contribution in [1.29, 1.82) is 0 Å². The Kier molecular flexibility index (Phi) is 7.12. The normalized spacial score (nSPS) is 14.2. The Morgan fingerprint density at radius 1 is 1.21 bits per heavy atom. The highest BCUT2D eigenvalue weighted by Gasteiger charge is 2.32. The van der Waals surface area contributed by atoms with Gasteiger partial charge in [-0.1, -0.05) is 49.4 Å². The van der Waals surface area contributed by atoms with Crippen molar-refractivity contribution >= 4 is 28.1 Å². The lowest BCUT2D eigenvalue weighted by Crippen LogP contribution is -2.29. The van der Waals surface area contributed by atoms with Gasteiger partial charge in [0.15, 0.2) is 5.13 Å². The summed E-state index contributed by atoms with van der Waals surface area (Å²) in [4.78, 5) is 8.30. The monoisotopic (exact) mass is 480 g/mol. The summed E-state index contributed by atoms with van der Waals surface area (Å²) in [5, 5.41) is 1.56. The van der Waals surface area contributed by atoms with Gasteiger partial charge in [-0.3, -0.25) is 0 Å². The van der Waals surface area contributed by atoms with Crippen LogP contribution in [0.3, 0.4) is 0 Å². The van der Waals surface area contributed by atoms with Gasteiger partial charge >= 0.3 is 0 Å². The van der Waals surface area contributed by atoms with E-state index in [0.29, 0.717) is 23.9 Å². The molecule has 0 saturated heterocycles. The number of aromatic nitrogens is 1. The smallest absolute Gasteiger partial charge is 0.187 e. The van der Waals surface area contributed by atoms with Gasteiger partial charge in [-0.25, -0.2) is 9.37 Å². The number of hydrogen-bond acceptors (Lipinski definition) is 3. The Hall–Kier alpha value is -2.35. The number of terminal acetylenes is 1. The van der Waals surface area contributed by atoms with Crippen LogP contribution >= 0.6 is 22.9 Å². The van der Waals surface area contributed by atoms with Crippen LogP contribution in [-0.4, -0.2) is 11.5 Å². The summed E-state index contributed by atoms with van der Waals surface area (Å²) in [7, 11) is 0. The molecule has 1 fully saturated rings. The quantitative estimate of drug-likeness (QED) is 0.303. The molecule has 0 bridgehead atoms. The van der Waals surface area contributed by atoms with Crippen LogP contribution in [0.5, 0.6) is 0 Å². The molecule has 0 N–H and O–H groups in total. The maximum atomic E-state index is 14.7. The van der Waals surface area contributed by atoms with Crippen molar-refractivity contribution in [2.45, 2.75) is 59.4 Å². The lowest BCUT2D eigenvalue weighted by atomic mass is 9.97. The number of hydrogen-bond donors (Lipinski definition) is 0. The maximum Gasteiger partial charge on any atom is 0.187 e. The summed E-state index contributed by atoms with van der Waals surface area (Å²) in [6.07, 6.45) is 9.88. The topological polar surface area (TPSA) is 16.1 Å². The molecule has 0 amide bonds. The van der Waals surface area contributed by atoms with Gasteiger partial charge in [-0.2, -0.15) is 0 Å². The first kappa shape index (κ1) is 23.8. The summed E-state index contributed by atoms with van der Waals surface area (Å²) < 4.78 is 14.7. The van der Waals surface area contributed by atoms with E-state index in [2.05, 4.69) is 43.7 Å². The number of halogens is 2. The summed E-state index contributed by atoms with van der Waals surface area (Å²) in [6, 6.07) is 9.75. The standard InChI is InChI=1S/C28H30ClFN2S/c1-6-12-32(26(15-20-8-9-20)22-11-10-21(7-2)25(30)16-22)28-31-27(19(5)33-28)23-13-17(3)18(4)14-24(23)29/h1,10-11,13-14,16,20,26H,7-9,12,15H2,2-5H3. The van der Waals surface area contributed by atoms with Crippen molar-refractivity contribution in [3.05, 3.63) is 68.3 Å². The van der Waals surface area contributed by atoms with Gasteiger partial charge in [0, 0.05) is 10.4 Å². The van der Waals surface area contributed by atoms with Crippen LogP contribution in [0.1, 0.15) is 59.4 Å². The Morgan fingerprint density at radius 2 is 1.94 bits per heavy atom. The molecule has 1 aliphatic carbocycles. The van der Waals surface area contributed by atoms with Crippen molar-refractivity contribution in [1.82, 2.24) is 4.98 Å². The fraction of sp³-hybridized carbons (Fsp3) is 0.393. The Balaban J connectivity index is 1.77. The fourth-order valence-corrected chi connectivity index (χ4v) is 5.58. The highest BCUT2D eigenvalue weighted by Crippen LogP contribution is 2.44. The van der Waals surface area contributed by atoms with Crippen LogP contribution in [0, 0.1) is 44.9 Å². The summed E-state index contributed by atoms with van der Waals surface area (Å²) in [5.41, 5.74) is 5.88. The van der Waals surface area contributed by atoms with Gasteiger partial charge < -0.3 is 4.90 Å². The molecule has 1 aliphatic rings. The Bertz CT molecular complexity index is 1210. The van der Waals surface area contributed by atoms with Gasteiger partial charge in [-0.15, -0.1) is 17.8 Å². The zero-order valence-electron chi connectivity index (χ0n) is 19.7. The predicted octanol–water partition coefficient (Wildman–Crippen LogP) is 8.07. The second-order valence-electron chi connectivity index (χ2n) is 9.05. The lowest BCUT2D eigenvalue weighted by molar-refractivity contribution is 0.547. The van der Waals surface area contributed by atoms with E-state index >= 15 is 0 Å². The first-order valence-electron chi connectivity index (χ1n) is 11.5. The molecule has 0 aliphatic heterocycles. The average molecular weight is 481 g/mol. The number of nitrogens with zero attached hydrogens (tertiary/aromatic N) is 2. The molecular formula is C28H30ClFN2S. The van der Waals surface area contributed by atoms with E-state index in [-0.39, 0.29) is 11.9 Å². The first-order valence-corrected chi connectivity index (χ1v) is 12.7. The van der Waals surface area contributed by atoms with E-state index < -0.39 is 0 Å². The van der Waals surface area contributed by atoms with Crippen molar-refractivity contribution in [2.75, 3.05) is 11.4 Å². The Morgan fingerprint density at radius 3 is 2.58 bits per heavy atom. The van der Waals surface area contributed by atoms with E-state index in [4.69, 9.17) is 23.0 Å². The number of anilines is 1. The van der Waals surface area contributed by atoms with Gasteiger partial charge in [0.05, 0.1) is 23.3 Å². The van der Waals surface area contributed by atoms with Crippen molar-refractivity contribution in [3.63, 3.8) is 0 Å². The summed E-state index contributed by atoms with van der Waals surface area (Å²) in [6.45, 7) is 8.61. The lowest BCUT2D eigenvalue weighted by Gasteiger charge is -2.31. The molecule has 5 heteroatoms. The van der Waals surface area contributed by atoms with E-state index in [0.717, 1.165) is 44.4 Å². The third kappa shape index (κ3) is 5.10. The first-order chi connectivity index (χ1) is 15.8. The third-order valence-electron chi connectivity index (χ3n) is 6.60. The van der Waals surface area contributed by atoms with Gasteiger partial charge in [0.1, 0.15) is 5.82 Å². The minimum absolute atomic E-state index is 0.0115. The van der Waals surface area contributed by atoms with Gasteiger partial charge in [0.2, 0.25) is 0 Å². The molecule has 2 aromatic carbocycles. The van der Waals surface area contributed by atoms with Crippen molar-refractivity contribution in [2.24, 2.45) is 5.92 Å². The Labute approximate surface area is 205 Å². The summed E-state index contributed by atoms with van der Waals surface area (Å²) >= 11 is 8.24. The molecule has 0 radical (unpaired) electrons. The minimum Gasteiger partial charge on any atom is -0.330 e. The highest BCUT2D eigenvalue weighted by molar-refractivity contribution is 7.16. The predicted molar refractivity (Wildman–Crippen MR) is 139 cm³/mol. The number of thiazole rings is 1. The molecule has 3 aromatic rings. The molecule has 172 valence electrons. The van der Waals surface area contributed by atoms with Crippen LogP contribution < -0.4 is 4.90 Å². The molecule has 1 atom stereocenters. The van der Waals surface area contributed by atoms with Crippen LogP contribution in [0.2, 0.25) is 5.02 Å². The molecule has 2 nitrogen and oxygen atoms in total. The number of benzene rings is 2. The second-order valence-corrected chi connectivity index (χ2v) is 10.6. The van der Waals surface area contributed by atoms with Gasteiger partial charge in [-0.05, 0) is 80.0 Å².